The van der Waals surface area contributed by atoms with Crippen LogP contribution in [0.2, 0.25) is 0 Å². The molecule has 2 heterocycles. The topological polar surface area (TPSA) is 77.6 Å². The van der Waals surface area contributed by atoms with Crippen LogP contribution in [0.3, 0.4) is 0 Å². The van der Waals surface area contributed by atoms with Gasteiger partial charge in [-0.3, -0.25) is 4.79 Å². The molecule has 2 aliphatic heterocycles. The van der Waals surface area contributed by atoms with Crippen molar-refractivity contribution in [2.75, 3.05) is 18.9 Å². The highest BCUT2D eigenvalue weighted by atomic mass is 32.2. The highest BCUT2D eigenvalue weighted by molar-refractivity contribution is 8.13. The number of carbonyl (C=O) groups is 1. The minimum atomic E-state index is -0.465. The largest absolute Gasteiger partial charge is 0.394 e. The van der Waals surface area contributed by atoms with Crippen molar-refractivity contribution in [1.82, 2.24) is 5.01 Å². The van der Waals surface area contributed by atoms with E-state index in [1.807, 2.05) is 0 Å². The molecule has 0 bridgehead atoms. The molecule has 17 heavy (non-hydrogen) atoms. The van der Waals surface area contributed by atoms with Crippen LogP contribution in [0.15, 0.2) is 15.1 Å². The van der Waals surface area contributed by atoms with Gasteiger partial charge in [0.2, 0.25) is 0 Å². The molecular formula is C10H14N4O2S. The van der Waals surface area contributed by atoms with E-state index in [-0.39, 0.29) is 12.5 Å². The van der Waals surface area contributed by atoms with Crippen LogP contribution < -0.4 is 0 Å². The fourth-order valence-corrected chi connectivity index (χ4v) is 2.25. The van der Waals surface area contributed by atoms with Crippen molar-refractivity contribution in [3.63, 3.8) is 0 Å². The molecule has 0 aromatic rings. The lowest BCUT2D eigenvalue weighted by Gasteiger charge is -2.19. The van der Waals surface area contributed by atoms with Crippen LogP contribution in [-0.2, 0) is 4.79 Å². The maximum Gasteiger partial charge on any atom is 0.264 e. The number of hydrogen-bond acceptors (Lipinski definition) is 6. The molecule has 6 nitrogen and oxygen atoms in total. The first kappa shape index (κ1) is 12.3. The smallest absolute Gasteiger partial charge is 0.264 e. The van der Waals surface area contributed by atoms with Gasteiger partial charge >= 0.3 is 0 Å². The number of hydrazone groups is 1. The zero-order valence-electron chi connectivity index (χ0n) is 9.54. The highest BCUT2D eigenvalue weighted by Crippen LogP contribution is 2.21. The van der Waals surface area contributed by atoms with Crippen molar-refractivity contribution in [3.8, 4) is 0 Å². The molecule has 0 aromatic heterocycles. The first-order chi connectivity index (χ1) is 8.26. The Hall–Kier alpha value is -1.21. The third-order valence-corrected chi connectivity index (χ3v) is 3.38. The van der Waals surface area contributed by atoms with Gasteiger partial charge in [0.25, 0.3) is 5.91 Å². The van der Waals surface area contributed by atoms with E-state index in [9.17, 15) is 4.79 Å². The number of amides is 1. The fraction of sp³-hybridized carbons (Fsp3) is 0.600. The van der Waals surface area contributed by atoms with Crippen LogP contribution >= 0.6 is 11.8 Å². The molecule has 1 unspecified atom stereocenters. The summed E-state index contributed by atoms with van der Waals surface area (Å²) in [5, 5.41) is 15.0. The summed E-state index contributed by atoms with van der Waals surface area (Å²) in [6.45, 7) is 2.39. The molecule has 0 radical (unpaired) electrons. The number of fused-ring (bicyclic) bond motifs is 1. The molecule has 1 N–H and O–H groups in total. The summed E-state index contributed by atoms with van der Waals surface area (Å²) in [5.41, 5.74) is 0. The zero-order chi connectivity index (χ0) is 12.3. The van der Waals surface area contributed by atoms with E-state index in [0.29, 0.717) is 17.5 Å². The number of β-amino-alcohol motifs (C(OH)–C–C–N with tert-alkyl or cyclic N) is 1. The summed E-state index contributed by atoms with van der Waals surface area (Å²) in [6.07, 6.45) is 2.53. The summed E-state index contributed by atoms with van der Waals surface area (Å²) >= 11 is 1.47. The normalized spacial score (nSPS) is 22.6. The lowest BCUT2D eigenvalue weighted by Crippen LogP contribution is -2.35. The van der Waals surface area contributed by atoms with E-state index in [1.54, 1.807) is 5.01 Å². The predicted molar refractivity (Wildman–Crippen MR) is 68.4 cm³/mol. The molecule has 0 saturated carbocycles. The molecule has 92 valence electrons. The Bertz CT molecular complexity index is 405. The summed E-state index contributed by atoms with van der Waals surface area (Å²) in [6, 6.07) is 0. The van der Waals surface area contributed by atoms with Gasteiger partial charge in [0.1, 0.15) is 11.8 Å². The highest BCUT2D eigenvalue weighted by Gasteiger charge is 2.35. The standard InChI is InChI=1S/C10H14N4O2S/c1-2-5-17-10-12-8-7(9(16)13-10)6-11-14(8)3-4-15/h6-7,15H,2-5H2,1H3. The number of hydrogen-bond donors (Lipinski definition) is 1. The van der Waals surface area contributed by atoms with Gasteiger partial charge in [-0.25, -0.2) is 10.0 Å². The Balaban J connectivity index is 2.14. The van der Waals surface area contributed by atoms with Gasteiger partial charge in [0, 0.05) is 12.0 Å². The fourth-order valence-electron chi connectivity index (χ4n) is 1.55. The number of nitrogens with zero attached hydrogens (tertiary/aromatic N) is 4. The monoisotopic (exact) mass is 254 g/mol. The van der Waals surface area contributed by atoms with Crippen molar-refractivity contribution in [2.45, 2.75) is 13.3 Å². The number of thioether (sulfide) groups is 1. The van der Waals surface area contributed by atoms with Crippen LogP contribution in [0.1, 0.15) is 13.3 Å². The molecule has 2 rings (SSSR count). The van der Waals surface area contributed by atoms with E-state index < -0.39 is 5.92 Å². The molecule has 1 atom stereocenters. The molecule has 2 aliphatic rings. The summed E-state index contributed by atoms with van der Waals surface area (Å²) in [5.74, 6) is 0.775. The molecule has 0 aromatic carbocycles. The van der Waals surface area contributed by atoms with E-state index in [4.69, 9.17) is 5.11 Å². The second kappa shape index (κ2) is 5.42. The quantitative estimate of drug-likeness (QED) is 0.784. The van der Waals surface area contributed by atoms with E-state index in [1.165, 1.54) is 18.0 Å². The van der Waals surface area contributed by atoms with Gasteiger partial charge in [0.05, 0.1) is 13.2 Å². The number of rotatable bonds is 4. The van der Waals surface area contributed by atoms with E-state index in [0.717, 1.165) is 12.2 Å². The van der Waals surface area contributed by atoms with Crippen molar-refractivity contribution in [1.29, 1.82) is 0 Å². The molecule has 0 fully saturated rings. The molecule has 0 spiro atoms. The third-order valence-electron chi connectivity index (χ3n) is 2.33. The van der Waals surface area contributed by atoms with Crippen LogP contribution in [0.4, 0.5) is 0 Å². The molecule has 7 heteroatoms. The van der Waals surface area contributed by atoms with Crippen molar-refractivity contribution < 1.29 is 9.90 Å². The van der Waals surface area contributed by atoms with Gasteiger partial charge < -0.3 is 5.11 Å². The second-order valence-corrected chi connectivity index (χ2v) is 4.70. The van der Waals surface area contributed by atoms with Crippen LogP contribution in [0.5, 0.6) is 0 Å². The Morgan fingerprint density at radius 2 is 2.35 bits per heavy atom. The minimum absolute atomic E-state index is 0.0220. The maximum atomic E-state index is 11.7. The average molecular weight is 254 g/mol. The van der Waals surface area contributed by atoms with Crippen LogP contribution in [0.25, 0.3) is 0 Å². The minimum Gasteiger partial charge on any atom is -0.394 e. The van der Waals surface area contributed by atoms with E-state index in [2.05, 4.69) is 22.0 Å². The van der Waals surface area contributed by atoms with Gasteiger partial charge in [-0.1, -0.05) is 18.7 Å². The number of aliphatic hydroxyl groups is 1. The van der Waals surface area contributed by atoms with Crippen molar-refractivity contribution in [3.05, 3.63) is 0 Å². The molecule has 1 amide bonds. The number of aliphatic imine (C=N–C) groups is 2. The lowest BCUT2D eigenvalue weighted by atomic mass is 10.1. The van der Waals surface area contributed by atoms with Gasteiger partial charge in [-0.05, 0) is 6.42 Å². The Morgan fingerprint density at radius 1 is 1.53 bits per heavy atom. The Kier molecular flexibility index (Phi) is 3.90. The SMILES string of the molecule is CCCSC1=NC(=O)C2C=NN(CCO)C2=N1. The Morgan fingerprint density at radius 3 is 3.06 bits per heavy atom. The second-order valence-electron chi connectivity index (χ2n) is 3.64. The molecule has 0 saturated heterocycles. The van der Waals surface area contributed by atoms with Crippen LogP contribution in [-0.4, -0.2) is 52.1 Å². The summed E-state index contributed by atoms with van der Waals surface area (Å²) in [4.78, 5) is 20.0. The van der Waals surface area contributed by atoms with Gasteiger partial charge in [0.15, 0.2) is 5.17 Å². The number of amidine groups is 2. The zero-order valence-corrected chi connectivity index (χ0v) is 10.4. The predicted octanol–water partition coefficient (Wildman–Crippen LogP) is 0.334. The Labute approximate surface area is 104 Å². The number of aliphatic hydroxyl groups excluding tert-OH is 1. The van der Waals surface area contributed by atoms with Crippen molar-refractivity contribution >= 4 is 34.9 Å². The third kappa shape index (κ3) is 2.55. The summed E-state index contributed by atoms with van der Waals surface area (Å²) < 4.78 is 0. The van der Waals surface area contributed by atoms with Crippen molar-refractivity contribution in [2.24, 2.45) is 21.0 Å². The molecule has 0 aliphatic carbocycles. The van der Waals surface area contributed by atoms with Crippen LogP contribution in [0, 0.1) is 5.92 Å². The average Bonchev–Trinajstić information content (AvgIpc) is 2.71. The first-order valence-corrected chi connectivity index (χ1v) is 6.51. The lowest BCUT2D eigenvalue weighted by molar-refractivity contribution is -0.118. The van der Waals surface area contributed by atoms with Gasteiger partial charge in [-0.2, -0.15) is 10.1 Å². The first-order valence-electron chi connectivity index (χ1n) is 5.52. The summed E-state index contributed by atoms with van der Waals surface area (Å²) in [7, 11) is 0. The van der Waals surface area contributed by atoms with E-state index >= 15 is 0 Å². The van der Waals surface area contributed by atoms with Gasteiger partial charge in [-0.15, -0.1) is 0 Å². The maximum absolute atomic E-state index is 11.7. The number of carbonyl (C=O) groups excluding carboxylic acids is 1. The molecular weight excluding hydrogens is 240 g/mol.